The number of amides is 1. The average Bonchev–Trinajstić information content (AvgIpc) is 2.99. The van der Waals surface area contributed by atoms with Crippen molar-refractivity contribution in [2.75, 3.05) is 45.8 Å². The molecular weight excluding hydrogens is 274 g/mol. The molecule has 0 aromatic heterocycles. The molecule has 0 bridgehead atoms. The van der Waals surface area contributed by atoms with Crippen LogP contribution < -0.4 is 5.32 Å². The third-order valence-electron chi connectivity index (χ3n) is 6.73. The van der Waals surface area contributed by atoms with Crippen molar-refractivity contribution < 1.29 is 4.79 Å². The van der Waals surface area contributed by atoms with Gasteiger partial charge in [0, 0.05) is 25.6 Å². The summed E-state index contributed by atoms with van der Waals surface area (Å²) in [6.07, 6.45) is 8.82. The Bertz CT molecular complexity index is 405. The molecule has 0 radical (unpaired) electrons. The Morgan fingerprint density at radius 1 is 1.05 bits per heavy atom. The lowest BCUT2D eigenvalue weighted by Crippen LogP contribution is -2.43. The third-order valence-corrected chi connectivity index (χ3v) is 6.73. The van der Waals surface area contributed by atoms with Crippen molar-refractivity contribution >= 4 is 5.91 Å². The minimum atomic E-state index is 0.365. The predicted octanol–water partition coefficient (Wildman–Crippen LogP) is 1.71. The van der Waals surface area contributed by atoms with Gasteiger partial charge in [-0.2, -0.15) is 0 Å². The van der Waals surface area contributed by atoms with Gasteiger partial charge in [-0.25, -0.2) is 0 Å². The molecule has 4 nitrogen and oxygen atoms in total. The van der Waals surface area contributed by atoms with Crippen LogP contribution in [0.5, 0.6) is 0 Å². The zero-order chi connectivity index (χ0) is 15.0. The smallest absolute Gasteiger partial charge is 0.226 e. The van der Waals surface area contributed by atoms with E-state index in [0.29, 0.717) is 17.2 Å². The normalized spacial score (nSPS) is 32.5. The van der Waals surface area contributed by atoms with E-state index >= 15 is 0 Å². The first-order valence-corrected chi connectivity index (χ1v) is 9.49. The fourth-order valence-electron chi connectivity index (χ4n) is 5.06. The van der Waals surface area contributed by atoms with Crippen molar-refractivity contribution in [2.24, 2.45) is 17.3 Å². The van der Waals surface area contributed by atoms with Crippen LogP contribution in [0.2, 0.25) is 0 Å². The summed E-state index contributed by atoms with van der Waals surface area (Å²) in [5.41, 5.74) is 0.398. The number of nitrogens with one attached hydrogen (secondary N) is 1. The van der Waals surface area contributed by atoms with Gasteiger partial charge in [-0.1, -0.05) is 0 Å². The van der Waals surface area contributed by atoms with E-state index in [1.54, 1.807) is 0 Å². The molecule has 3 aliphatic heterocycles. The number of nitrogens with zero attached hydrogens (tertiary/aromatic N) is 2. The van der Waals surface area contributed by atoms with Crippen molar-refractivity contribution in [1.82, 2.24) is 15.1 Å². The van der Waals surface area contributed by atoms with Crippen LogP contribution >= 0.6 is 0 Å². The maximum absolute atomic E-state index is 12.8. The number of hydrogen-bond acceptors (Lipinski definition) is 3. The molecular formula is C18H31N3O. The van der Waals surface area contributed by atoms with E-state index in [2.05, 4.69) is 15.1 Å². The number of carbonyl (C=O) groups excluding carboxylic acids is 1. The molecule has 0 aromatic rings. The van der Waals surface area contributed by atoms with Gasteiger partial charge >= 0.3 is 0 Å². The largest absolute Gasteiger partial charge is 0.342 e. The summed E-state index contributed by atoms with van der Waals surface area (Å²) in [6.45, 7) is 8.14. The fraction of sp³-hybridized carbons (Fsp3) is 0.944. The van der Waals surface area contributed by atoms with Crippen LogP contribution in [0.25, 0.3) is 0 Å². The van der Waals surface area contributed by atoms with Crippen molar-refractivity contribution in [3.8, 4) is 0 Å². The van der Waals surface area contributed by atoms with Crippen LogP contribution in [0.3, 0.4) is 0 Å². The Morgan fingerprint density at radius 2 is 1.73 bits per heavy atom. The minimum absolute atomic E-state index is 0.365. The molecule has 1 spiro atoms. The zero-order valence-corrected chi connectivity index (χ0v) is 13.9. The second-order valence-corrected chi connectivity index (χ2v) is 8.15. The molecule has 0 aromatic carbocycles. The third kappa shape index (κ3) is 2.92. The molecule has 3 saturated heterocycles. The molecule has 4 fully saturated rings. The first-order chi connectivity index (χ1) is 10.8. The number of carbonyl (C=O) groups is 1. The van der Waals surface area contributed by atoms with Crippen molar-refractivity contribution in [3.05, 3.63) is 0 Å². The highest BCUT2D eigenvalue weighted by Gasteiger charge is 2.58. The van der Waals surface area contributed by atoms with Crippen LogP contribution in [0.1, 0.15) is 44.9 Å². The molecule has 4 heteroatoms. The first kappa shape index (κ1) is 14.9. The zero-order valence-electron chi connectivity index (χ0n) is 13.9. The van der Waals surface area contributed by atoms with Gasteiger partial charge in [0.1, 0.15) is 0 Å². The Balaban J connectivity index is 1.24. The lowest BCUT2D eigenvalue weighted by molar-refractivity contribution is -0.135. The Kier molecular flexibility index (Phi) is 4.16. The Hall–Kier alpha value is -0.610. The van der Waals surface area contributed by atoms with Crippen molar-refractivity contribution in [3.63, 3.8) is 0 Å². The number of hydrogen-bond donors (Lipinski definition) is 1. The van der Waals surface area contributed by atoms with Gasteiger partial charge in [0.15, 0.2) is 0 Å². The highest BCUT2D eigenvalue weighted by atomic mass is 16.2. The van der Waals surface area contributed by atoms with E-state index in [1.165, 1.54) is 64.6 Å². The summed E-state index contributed by atoms with van der Waals surface area (Å²) in [5.74, 6) is 1.68. The summed E-state index contributed by atoms with van der Waals surface area (Å²) in [4.78, 5) is 17.6. The standard InChI is InChI=1S/C18H31N3O/c22-17(16-13-18(16)5-7-19-8-6-18)21-11-3-15(4-12-21)14-20-9-1-2-10-20/h15-16,19H,1-14H2. The van der Waals surface area contributed by atoms with Crippen LogP contribution in [-0.2, 0) is 4.79 Å². The van der Waals surface area contributed by atoms with Gasteiger partial charge in [0.05, 0.1) is 0 Å². The maximum Gasteiger partial charge on any atom is 0.226 e. The van der Waals surface area contributed by atoms with E-state index in [4.69, 9.17) is 0 Å². The highest BCUT2D eigenvalue weighted by Crippen LogP contribution is 2.59. The second-order valence-electron chi connectivity index (χ2n) is 8.15. The molecule has 22 heavy (non-hydrogen) atoms. The molecule has 1 N–H and O–H groups in total. The van der Waals surface area contributed by atoms with E-state index in [-0.39, 0.29) is 0 Å². The van der Waals surface area contributed by atoms with Gasteiger partial charge in [0.2, 0.25) is 5.91 Å². The van der Waals surface area contributed by atoms with Gasteiger partial charge in [-0.15, -0.1) is 0 Å². The molecule has 1 aliphatic carbocycles. The second kappa shape index (κ2) is 6.12. The molecule has 4 rings (SSSR count). The van der Waals surface area contributed by atoms with Crippen LogP contribution in [0.15, 0.2) is 0 Å². The minimum Gasteiger partial charge on any atom is -0.342 e. The summed E-state index contributed by atoms with van der Waals surface area (Å²) in [5, 5.41) is 3.43. The molecule has 3 heterocycles. The van der Waals surface area contributed by atoms with E-state index in [1.807, 2.05) is 0 Å². The Morgan fingerprint density at radius 3 is 2.41 bits per heavy atom. The topological polar surface area (TPSA) is 35.6 Å². The summed E-state index contributed by atoms with van der Waals surface area (Å²) >= 11 is 0. The van der Waals surface area contributed by atoms with Gasteiger partial charge in [-0.3, -0.25) is 4.79 Å². The first-order valence-electron chi connectivity index (χ1n) is 9.49. The molecule has 1 amide bonds. The molecule has 124 valence electrons. The van der Waals surface area contributed by atoms with E-state index in [9.17, 15) is 4.79 Å². The molecule has 1 atom stereocenters. The van der Waals surface area contributed by atoms with Gasteiger partial charge < -0.3 is 15.1 Å². The van der Waals surface area contributed by atoms with E-state index in [0.717, 1.165) is 32.1 Å². The number of piperidine rings is 2. The number of rotatable bonds is 3. The van der Waals surface area contributed by atoms with Crippen LogP contribution in [0.4, 0.5) is 0 Å². The maximum atomic E-state index is 12.8. The fourth-order valence-corrected chi connectivity index (χ4v) is 5.06. The van der Waals surface area contributed by atoms with Crippen molar-refractivity contribution in [1.29, 1.82) is 0 Å². The Labute approximate surface area is 134 Å². The number of likely N-dealkylation sites (tertiary alicyclic amines) is 2. The lowest BCUT2D eigenvalue weighted by Gasteiger charge is -2.34. The lowest BCUT2D eigenvalue weighted by atomic mass is 9.91. The predicted molar refractivity (Wildman–Crippen MR) is 87.6 cm³/mol. The van der Waals surface area contributed by atoms with Gasteiger partial charge in [-0.05, 0) is 82.5 Å². The quantitative estimate of drug-likeness (QED) is 0.862. The van der Waals surface area contributed by atoms with Crippen LogP contribution in [0, 0.1) is 17.3 Å². The molecule has 4 aliphatic rings. The summed E-state index contributed by atoms with van der Waals surface area (Å²) in [7, 11) is 0. The molecule has 1 unspecified atom stereocenters. The molecule has 1 saturated carbocycles. The van der Waals surface area contributed by atoms with Crippen molar-refractivity contribution in [2.45, 2.75) is 44.9 Å². The van der Waals surface area contributed by atoms with Crippen LogP contribution in [-0.4, -0.2) is 61.5 Å². The van der Waals surface area contributed by atoms with E-state index < -0.39 is 0 Å². The van der Waals surface area contributed by atoms with Gasteiger partial charge in [0.25, 0.3) is 0 Å². The highest BCUT2D eigenvalue weighted by molar-refractivity contribution is 5.82. The summed E-state index contributed by atoms with van der Waals surface area (Å²) < 4.78 is 0. The average molecular weight is 305 g/mol. The SMILES string of the molecule is O=C(C1CC12CCNCC2)N1CCC(CN2CCCC2)CC1. The summed E-state index contributed by atoms with van der Waals surface area (Å²) in [6, 6.07) is 0. The monoisotopic (exact) mass is 305 g/mol.